The van der Waals surface area contributed by atoms with Crippen molar-refractivity contribution in [2.45, 2.75) is 19.1 Å². The van der Waals surface area contributed by atoms with Gasteiger partial charge in [0.2, 0.25) is 5.91 Å². The number of hydrogen-bond donors (Lipinski definition) is 1. The Morgan fingerprint density at radius 1 is 1.28 bits per heavy atom. The molecule has 5 nitrogen and oxygen atoms in total. The van der Waals surface area contributed by atoms with E-state index in [1.807, 2.05) is 23.6 Å². The first kappa shape index (κ1) is 20.5. The van der Waals surface area contributed by atoms with Crippen LogP contribution in [0.1, 0.15) is 11.3 Å². The van der Waals surface area contributed by atoms with Crippen molar-refractivity contribution in [1.82, 2.24) is 15.2 Å². The molecule has 1 saturated heterocycles. The molecule has 1 N–H and O–H groups in total. The number of nitrogens with zero attached hydrogens (tertiary/aromatic N) is 2. The number of carbonyl (C=O) groups excluding carboxylic acids is 1. The highest BCUT2D eigenvalue weighted by molar-refractivity contribution is 7.23. The molecule has 1 atom stereocenters. The summed E-state index contributed by atoms with van der Waals surface area (Å²) in [6, 6.07) is 14.2. The van der Waals surface area contributed by atoms with Crippen LogP contribution in [0.25, 0.3) is 9.88 Å². The largest absolute Gasteiger partial charge is 0.374 e. The molecular weight excluding hydrogens is 426 g/mol. The number of benzene rings is 1. The summed E-state index contributed by atoms with van der Waals surface area (Å²) >= 11 is 9.02. The predicted octanol–water partition coefficient (Wildman–Crippen LogP) is 4.08. The molecular formula is C21H22ClN3O2S2. The quantitative estimate of drug-likeness (QED) is 0.592. The maximum absolute atomic E-state index is 12.3. The lowest BCUT2D eigenvalue weighted by atomic mass is 10.2. The smallest absolute Gasteiger partial charge is 0.226 e. The van der Waals surface area contributed by atoms with E-state index in [9.17, 15) is 4.79 Å². The SMILES string of the molecule is O=C(Cc1csc(-c2ccc(Cl)s2)n1)NCC1CN(Cc2ccccc2)CCO1. The van der Waals surface area contributed by atoms with E-state index < -0.39 is 0 Å². The summed E-state index contributed by atoms with van der Waals surface area (Å²) in [7, 11) is 0. The van der Waals surface area contributed by atoms with Gasteiger partial charge in [0.25, 0.3) is 0 Å². The van der Waals surface area contributed by atoms with E-state index >= 15 is 0 Å². The molecule has 1 aromatic carbocycles. The van der Waals surface area contributed by atoms with Crippen LogP contribution in [0.3, 0.4) is 0 Å². The number of thiophene rings is 1. The average molecular weight is 448 g/mol. The topological polar surface area (TPSA) is 54.5 Å². The minimum absolute atomic E-state index is 0.00988. The molecule has 0 spiro atoms. The molecule has 1 aliphatic heterocycles. The fraction of sp³-hybridized carbons (Fsp3) is 0.333. The minimum atomic E-state index is -0.0326. The zero-order valence-electron chi connectivity index (χ0n) is 15.8. The first-order valence-corrected chi connectivity index (χ1v) is 11.6. The van der Waals surface area contributed by atoms with Crippen LogP contribution in [0.2, 0.25) is 4.34 Å². The Balaban J connectivity index is 1.23. The average Bonchev–Trinajstić information content (AvgIpc) is 3.36. The van der Waals surface area contributed by atoms with Gasteiger partial charge >= 0.3 is 0 Å². The van der Waals surface area contributed by atoms with Crippen LogP contribution in [-0.2, 0) is 22.5 Å². The lowest BCUT2D eigenvalue weighted by Gasteiger charge is -2.33. The van der Waals surface area contributed by atoms with Gasteiger partial charge in [-0.25, -0.2) is 4.98 Å². The Bertz CT molecular complexity index is 944. The van der Waals surface area contributed by atoms with Gasteiger partial charge in [-0.2, -0.15) is 0 Å². The lowest BCUT2D eigenvalue weighted by molar-refractivity contribution is -0.121. The highest BCUT2D eigenvalue weighted by Gasteiger charge is 2.21. The number of halogens is 1. The van der Waals surface area contributed by atoms with Crippen molar-refractivity contribution in [3.63, 3.8) is 0 Å². The van der Waals surface area contributed by atoms with Crippen molar-refractivity contribution in [3.8, 4) is 9.88 Å². The number of nitrogens with one attached hydrogen (secondary N) is 1. The summed E-state index contributed by atoms with van der Waals surface area (Å²) in [6.07, 6.45) is 0.284. The molecule has 3 aromatic rings. The molecule has 1 aliphatic rings. The van der Waals surface area contributed by atoms with E-state index in [2.05, 4.69) is 39.5 Å². The molecule has 29 heavy (non-hydrogen) atoms. The summed E-state index contributed by atoms with van der Waals surface area (Å²) < 4.78 is 6.57. The third kappa shape index (κ3) is 5.87. The molecule has 152 valence electrons. The van der Waals surface area contributed by atoms with E-state index in [0.717, 1.165) is 39.5 Å². The van der Waals surface area contributed by atoms with Crippen molar-refractivity contribution in [2.75, 3.05) is 26.2 Å². The van der Waals surface area contributed by atoms with E-state index in [4.69, 9.17) is 16.3 Å². The Morgan fingerprint density at radius 2 is 2.14 bits per heavy atom. The predicted molar refractivity (Wildman–Crippen MR) is 119 cm³/mol. The Hall–Kier alpha value is -1.77. The third-order valence-corrected chi connectivity index (χ3v) is 6.97. The maximum Gasteiger partial charge on any atom is 0.226 e. The monoisotopic (exact) mass is 447 g/mol. The van der Waals surface area contributed by atoms with Crippen LogP contribution in [0.5, 0.6) is 0 Å². The molecule has 0 aliphatic carbocycles. The number of aromatic nitrogens is 1. The highest BCUT2D eigenvalue weighted by atomic mass is 35.5. The van der Waals surface area contributed by atoms with E-state index in [0.29, 0.717) is 13.2 Å². The molecule has 0 saturated carbocycles. The van der Waals surface area contributed by atoms with Crippen LogP contribution >= 0.6 is 34.3 Å². The van der Waals surface area contributed by atoms with Gasteiger partial charge in [0.1, 0.15) is 5.01 Å². The number of thiazole rings is 1. The fourth-order valence-corrected chi connectivity index (χ4v) is 5.21. The second-order valence-electron chi connectivity index (χ2n) is 6.94. The zero-order chi connectivity index (χ0) is 20.1. The maximum atomic E-state index is 12.3. The molecule has 1 fully saturated rings. The van der Waals surface area contributed by atoms with Gasteiger partial charge in [0, 0.05) is 31.6 Å². The van der Waals surface area contributed by atoms with Crippen molar-refractivity contribution in [3.05, 3.63) is 63.4 Å². The third-order valence-electron chi connectivity index (χ3n) is 4.68. The number of hydrogen-bond acceptors (Lipinski definition) is 6. The first-order chi connectivity index (χ1) is 14.2. The second kappa shape index (κ2) is 9.82. The number of ether oxygens (including phenoxy) is 1. The fourth-order valence-electron chi connectivity index (χ4n) is 3.27. The van der Waals surface area contributed by atoms with Gasteiger partial charge < -0.3 is 10.1 Å². The molecule has 1 unspecified atom stereocenters. The standard InChI is InChI=1S/C21H22ClN3O2S2/c22-19-7-6-18(29-19)21-24-16(14-28-21)10-20(26)23-11-17-13-25(8-9-27-17)12-15-4-2-1-3-5-15/h1-7,14,17H,8-13H2,(H,23,26). The van der Waals surface area contributed by atoms with Crippen molar-refractivity contribution in [2.24, 2.45) is 0 Å². The van der Waals surface area contributed by atoms with Crippen molar-refractivity contribution >= 4 is 40.2 Å². The Kier molecular flexibility index (Phi) is 6.94. The van der Waals surface area contributed by atoms with Crippen LogP contribution in [0.4, 0.5) is 0 Å². The van der Waals surface area contributed by atoms with E-state index in [1.165, 1.54) is 28.2 Å². The number of amides is 1. The number of rotatable bonds is 7. The van der Waals surface area contributed by atoms with Gasteiger partial charge in [-0.05, 0) is 17.7 Å². The van der Waals surface area contributed by atoms with Gasteiger partial charge in [0.05, 0.1) is 34.0 Å². The van der Waals surface area contributed by atoms with Crippen LogP contribution in [-0.4, -0.2) is 48.1 Å². The summed E-state index contributed by atoms with van der Waals surface area (Å²) in [6.45, 7) is 3.83. The molecule has 8 heteroatoms. The van der Waals surface area contributed by atoms with Gasteiger partial charge in [-0.15, -0.1) is 22.7 Å². The van der Waals surface area contributed by atoms with Crippen LogP contribution < -0.4 is 5.32 Å². The molecule has 0 bridgehead atoms. The van der Waals surface area contributed by atoms with Crippen molar-refractivity contribution < 1.29 is 9.53 Å². The van der Waals surface area contributed by atoms with Gasteiger partial charge in [-0.3, -0.25) is 9.69 Å². The second-order valence-corrected chi connectivity index (χ2v) is 9.52. The van der Waals surface area contributed by atoms with Crippen LogP contribution in [0, 0.1) is 0 Å². The summed E-state index contributed by atoms with van der Waals surface area (Å²) in [5.41, 5.74) is 2.07. The molecule has 0 radical (unpaired) electrons. The Labute approximate surface area is 183 Å². The first-order valence-electron chi connectivity index (χ1n) is 9.50. The van der Waals surface area contributed by atoms with Crippen molar-refractivity contribution in [1.29, 1.82) is 0 Å². The number of carbonyl (C=O) groups is 1. The lowest BCUT2D eigenvalue weighted by Crippen LogP contribution is -2.47. The molecule has 4 rings (SSSR count). The highest BCUT2D eigenvalue weighted by Crippen LogP contribution is 2.32. The molecule has 2 aromatic heterocycles. The van der Waals surface area contributed by atoms with Gasteiger partial charge in [0.15, 0.2) is 0 Å². The van der Waals surface area contributed by atoms with E-state index in [-0.39, 0.29) is 18.4 Å². The zero-order valence-corrected chi connectivity index (χ0v) is 18.2. The summed E-state index contributed by atoms with van der Waals surface area (Å²) in [5.74, 6) is -0.0326. The van der Waals surface area contributed by atoms with E-state index in [1.54, 1.807) is 0 Å². The summed E-state index contributed by atoms with van der Waals surface area (Å²) in [5, 5.41) is 5.83. The Morgan fingerprint density at radius 3 is 2.93 bits per heavy atom. The molecule has 3 heterocycles. The number of morpholine rings is 1. The normalized spacial score (nSPS) is 17.3. The van der Waals surface area contributed by atoms with Gasteiger partial charge in [-0.1, -0.05) is 41.9 Å². The summed E-state index contributed by atoms with van der Waals surface area (Å²) in [4.78, 5) is 20.3. The molecule has 1 amide bonds. The van der Waals surface area contributed by atoms with Crippen LogP contribution in [0.15, 0.2) is 47.8 Å². The minimum Gasteiger partial charge on any atom is -0.374 e.